The first-order chi connectivity index (χ1) is 7.63. The summed E-state index contributed by atoms with van der Waals surface area (Å²) < 4.78 is 6.91. The van der Waals surface area contributed by atoms with E-state index < -0.39 is 0 Å². The van der Waals surface area contributed by atoms with Crippen LogP contribution in [-0.4, -0.2) is 16.9 Å². The molecule has 0 amide bonds. The molecule has 0 atom stereocenters. The highest BCUT2D eigenvalue weighted by Crippen LogP contribution is 2.28. The number of aromatic nitrogens is 2. The van der Waals surface area contributed by atoms with Crippen molar-refractivity contribution in [2.75, 3.05) is 7.11 Å². The second-order valence-electron chi connectivity index (χ2n) is 3.62. The lowest BCUT2D eigenvalue weighted by atomic mass is 10.1. The van der Waals surface area contributed by atoms with Gasteiger partial charge < -0.3 is 4.74 Å². The molecule has 0 aliphatic carbocycles. The van der Waals surface area contributed by atoms with Crippen molar-refractivity contribution in [2.45, 2.75) is 6.92 Å². The Labute approximate surface area is 99.6 Å². The first-order valence-electron chi connectivity index (χ1n) is 4.97. The molecule has 0 saturated carbocycles. The largest absolute Gasteiger partial charge is 0.497 e. The van der Waals surface area contributed by atoms with Gasteiger partial charge in [-0.25, -0.2) is 0 Å². The van der Waals surface area contributed by atoms with E-state index in [-0.39, 0.29) is 0 Å². The van der Waals surface area contributed by atoms with Crippen LogP contribution in [0.2, 0.25) is 5.15 Å². The van der Waals surface area contributed by atoms with Crippen LogP contribution >= 0.6 is 11.6 Å². The lowest BCUT2D eigenvalue weighted by Crippen LogP contribution is -1.94. The molecule has 16 heavy (non-hydrogen) atoms. The minimum atomic E-state index is 0.549. The van der Waals surface area contributed by atoms with E-state index in [1.54, 1.807) is 11.8 Å². The number of ether oxygens (including phenoxy) is 1. The normalized spacial score (nSPS) is 10.5. The first-order valence-corrected chi connectivity index (χ1v) is 5.35. The average Bonchev–Trinajstić information content (AvgIpc) is 2.54. The summed E-state index contributed by atoms with van der Waals surface area (Å²) in [5.41, 5.74) is 3.11. The van der Waals surface area contributed by atoms with Crippen molar-refractivity contribution in [1.82, 2.24) is 9.78 Å². The molecule has 1 aromatic carbocycles. The summed E-state index contributed by atoms with van der Waals surface area (Å²) in [6.45, 7) is 1.97. The molecule has 0 aliphatic heterocycles. The van der Waals surface area contributed by atoms with Crippen LogP contribution < -0.4 is 4.74 Å². The van der Waals surface area contributed by atoms with Gasteiger partial charge in [0, 0.05) is 18.2 Å². The highest BCUT2D eigenvalue weighted by atomic mass is 35.5. The van der Waals surface area contributed by atoms with Gasteiger partial charge in [-0.15, -0.1) is 0 Å². The Balaban J connectivity index is 2.50. The molecule has 0 radical (unpaired) electrons. The van der Waals surface area contributed by atoms with Gasteiger partial charge in [-0.1, -0.05) is 11.6 Å². The molecule has 1 heterocycles. The third kappa shape index (κ3) is 1.78. The molecule has 0 bridgehead atoms. The summed E-state index contributed by atoms with van der Waals surface area (Å²) in [6.07, 6.45) is 0. The van der Waals surface area contributed by atoms with Crippen molar-refractivity contribution >= 4 is 11.6 Å². The maximum absolute atomic E-state index is 5.99. The zero-order valence-corrected chi connectivity index (χ0v) is 10.2. The second kappa shape index (κ2) is 4.18. The quantitative estimate of drug-likeness (QED) is 0.801. The molecule has 2 rings (SSSR count). The number of halogens is 1. The zero-order chi connectivity index (χ0) is 11.7. The number of benzene rings is 1. The number of methoxy groups -OCH3 is 1. The van der Waals surface area contributed by atoms with E-state index >= 15 is 0 Å². The van der Waals surface area contributed by atoms with Gasteiger partial charge in [-0.05, 0) is 31.2 Å². The van der Waals surface area contributed by atoms with Crippen LogP contribution in [-0.2, 0) is 7.05 Å². The van der Waals surface area contributed by atoms with E-state index in [2.05, 4.69) is 5.10 Å². The summed E-state index contributed by atoms with van der Waals surface area (Å²) in [5, 5.41) is 4.73. The first kappa shape index (κ1) is 11.0. The summed E-state index contributed by atoms with van der Waals surface area (Å²) in [5.74, 6) is 0.842. The fraction of sp³-hybridized carbons (Fsp3) is 0.250. The summed E-state index contributed by atoms with van der Waals surface area (Å²) in [6, 6.07) is 7.85. The Morgan fingerprint density at radius 3 is 2.31 bits per heavy atom. The summed E-state index contributed by atoms with van der Waals surface area (Å²) >= 11 is 5.99. The Morgan fingerprint density at radius 2 is 1.88 bits per heavy atom. The number of hydrogen-bond acceptors (Lipinski definition) is 2. The Hall–Kier alpha value is -1.48. The minimum Gasteiger partial charge on any atom is -0.497 e. The number of rotatable bonds is 2. The average molecular weight is 237 g/mol. The van der Waals surface area contributed by atoms with E-state index in [0.29, 0.717) is 5.15 Å². The molecule has 4 heteroatoms. The van der Waals surface area contributed by atoms with E-state index in [9.17, 15) is 0 Å². The molecule has 0 unspecified atom stereocenters. The third-order valence-corrected chi connectivity index (χ3v) is 2.95. The van der Waals surface area contributed by atoms with Gasteiger partial charge in [0.25, 0.3) is 0 Å². The van der Waals surface area contributed by atoms with Crippen LogP contribution in [0.1, 0.15) is 5.56 Å². The molecular formula is C12H13ClN2O. The van der Waals surface area contributed by atoms with Crippen molar-refractivity contribution in [3.63, 3.8) is 0 Å². The van der Waals surface area contributed by atoms with E-state index in [1.165, 1.54) is 0 Å². The van der Waals surface area contributed by atoms with Gasteiger partial charge in [0.15, 0.2) is 5.15 Å². The Kier molecular flexibility index (Phi) is 2.88. The van der Waals surface area contributed by atoms with Crippen LogP contribution in [0.5, 0.6) is 5.75 Å². The van der Waals surface area contributed by atoms with Gasteiger partial charge in [0.2, 0.25) is 0 Å². The van der Waals surface area contributed by atoms with Gasteiger partial charge in [-0.3, -0.25) is 4.68 Å². The van der Waals surface area contributed by atoms with E-state index in [4.69, 9.17) is 16.3 Å². The fourth-order valence-electron chi connectivity index (χ4n) is 1.75. The van der Waals surface area contributed by atoms with E-state index in [1.807, 2.05) is 38.2 Å². The van der Waals surface area contributed by atoms with E-state index in [0.717, 1.165) is 22.6 Å². The monoisotopic (exact) mass is 236 g/mol. The van der Waals surface area contributed by atoms with Crippen molar-refractivity contribution in [3.05, 3.63) is 35.0 Å². The SMILES string of the molecule is COc1ccc(-c2c(C)c(Cl)nn2C)cc1. The van der Waals surface area contributed by atoms with Crippen LogP contribution in [0.3, 0.4) is 0 Å². The van der Waals surface area contributed by atoms with Crippen molar-refractivity contribution < 1.29 is 4.74 Å². The van der Waals surface area contributed by atoms with Crippen molar-refractivity contribution in [1.29, 1.82) is 0 Å². The Bertz CT molecular complexity index is 502. The molecular weight excluding hydrogens is 224 g/mol. The van der Waals surface area contributed by atoms with Gasteiger partial charge in [0.1, 0.15) is 5.75 Å². The van der Waals surface area contributed by atoms with Crippen LogP contribution in [0, 0.1) is 6.92 Å². The standard InChI is InChI=1S/C12H13ClN2O/c1-8-11(15(2)14-12(8)13)9-4-6-10(16-3)7-5-9/h4-7H,1-3H3. The molecule has 1 aromatic heterocycles. The molecule has 0 N–H and O–H groups in total. The Morgan fingerprint density at radius 1 is 1.25 bits per heavy atom. The predicted molar refractivity (Wildman–Crippen MR) is 64.9 cm³/mol. The zero-order valence-electron chi connectivity index (χ0n) is 9.49. The number of nitrogens with zero attached hydrogens (tertiary/aromatic N) is 2. The minimum absolute atomic E-state index is 0.549. The third-order valence-electron chi connectivity index (χ3n) is 2.59. The highest BCUT2D eigenvalue weighted by Gasteiger charge is 2.12. The fourth-order valence-corrected chi connectivity index (χ4v) is 1.95. The van der Waals surface area contributed by atoms with Crippen LogP contribution in [0.4, 0.5) is 0 Å². The van der Waals surface area contributed by atoms with Crippen molar-refractivity contribution in [3.8, 4) is 17.0 Å². The predicted octanol–water partition coefficient (Wildman–Crippen LogP) is 3.06. The second-order valence-corrected chi connectivity index (χ2v) is 3.97. The van der Waals surface area contributed by atoms with Crippen LogP contribution in [0.15, 0.2) is 24.3 Å². The van der Waals surface area contributed by atoms with Gasteiger partial charge in [0.05, 0.1) is 12.8 Å². The lowest BCUT2D eigenvalue weighted by Gasteiger charge is -2.05. The lowest BCUT2D eigenvalue weighted by molar-refractivity contribution is 0.415. The maximum atomic E-state index is 5.99. The van der Waals surface area contributed by atoms with Crippen molar-refractivity contribution in [2.24, 2.45) is 7.05 Å². The van der Waals surface area contributed by atoms with Crippen LogP contribution in [0.25, 0.3) is 11.3 Å². The summed E-state index contributed by atoms with van der Waals surface area (Å²) in [4.78, 5) is 0. The highest BCUT2D eigenvalue weighted by molar-refractivity contribution is 6.30. The van der Waals surface area contributed by atoms with Gasteiger partial charge >= 0.3 is 0 Å². The molecule has 0 saturated heterocycles. The number of hydrogen-bond donors (Lipinski definition) is 0. The van der Waals surface area contributed by atoms with Gasteiger partial charge in [-0.2, -0.15) is 5.10 Å². The topological polar surface area (TPSA) is 27.1 Å². The summed E-state index contributed by atoms with van der Waals surface area (Å²) in [7, 11) is 3.54. The molecule has 0 aliphatic rings. The number of aryl methyl sites for hydroxylation is 1. The molecule has 0 spiro atoms. The maximum Gasteiger partial charge on any atom is 0.154 e. The molecule has 84 valence electrons. The molecule has 3 nitrogen and oxygen atoms in total. The molecule has 2 aromatic rings. The smallest absolute Gasteiger partial charge is 0.154 e. The molecule has 0 fully saturated rings.